The van der Waals surface area contributed by atoms with Gasteiger partial charge in [-0.2, -0.15) is 0 Å². The monoisotopic (exact) mass is 421 g/mol. The first-order chi connectivity index (χ1) is 14.1. The molecule has 0 bridgehead atoms. The highest BCUT2D eigenvalue weighted by Crippen LogP contribution is 2.36. The summed E-state index contributed by atoms with van der Waals surface area (Å²) in [5.74, 6) is -0.0543. The smallest absolute Gasteiger partial charge is 0.267 e. The molecule has 0 spiro atoms. The Morgan fingerprint density at radius 2 is 1.69 bits per heavy atom. The molecule has 1 atom stereocenters. The Kier molecular flexibility index (Phi) is 5.51. The fourth-order valence-corrected chi connectivity index (χ4v) is 5.07. The van der Waals surface area contributed by atoms with Gasteiger partial charge in [-0.1, -0.05) is 60.3 Å². The maximum Gasteiger partial charge on any atom is 0.267 e. The van der Waals surface area contributed by atoms with Crippen molar-refractivity contribution in [3.05, 3.63) is 88.0 Å². The first-order valence-electron chi connectivity index (χ1n) is 9.04. The number of amides is 1. The van der Waals surface area contributed by atoms with Crippen molar-refractivity contribution in [2.45, 2.75) is 10.4 Å². The van der Waals surface area contributed by atoms with Gasteiger partial charge in [0.25, 0.3) is 5.56 Å². The summed E-state index contributed by atoms with van der Waals surface area (Å²) in [5, 5.41) is 2.44. The lowest BCUT2D eigenvalue weighted by molar-refractivity contribution is -0.128. The molecule has 0 fully saturated rings. The highest BCUT2D eigenvalue weighted by atomic mass is 32.2. The van der Waals surface area contributed by atoms with Gasteiger partial charge >= 0.3 is 0 Å². The van der Waals surface area contributed by atoms with Gasteiger partial charge in [-0.05, 0) is 29.1 Å². The number of thiophene rings is 1. The van der Waals surface area contributed by atoms with Crippen LogP contribution < -0.4 is 5.56 Å². The van der Waals surface area contributed by atoms with Gasteiger partial charge in [0, 0.05) is 14.1 Å². The summed E-state index contributed by atoms with van der Waals surface area (Å²) in [7, 11) is 3.47. The molecule has 1 amide bonds. The van der Waals surface area contributed by atoms with Gasteiger partial charge in [0.2, 0.25) is 5.91 Å². The van der Waals surface area contributed by atoms with Crippen LogP contribution in [0.5, 0.6) is 0 Å². The fraction of sp³-hybridized carbons (Fsp3) is 0.136. The van der Waals surface area contributed by atoms with Gasteiger partial charge in [-0.15, -0.1) is 11.3 Å². The molecule has 0 unspecified atom stereocenters. The van der Waals surface area contributed by atoms with Crippen molar-refractivity contribution in [1.29, 1.82) is 0 Å². The number of hydrogen-bond donors (Lipinski definition) is 0. The van der Waals surface area contributed by atoms with Crippen LogP contribution in [-0.4, -0.2) is 34.5 Å². The van der Waals surface area contributed by atoms with Crippen molar-refractivity contribution in [3.63, 3.8) is 0 Å². The molecule has 2 aromatic heterocycles. The van der Waals surface area contributed by atoms with E-state index in [9.17, 15) is 9.59 Å². The van der Waals surface area contributed by atoms with Gasteiger partial charge in [0.15, 0.2) is 5.16 Å². The maximum absolute atomic E-state index is 13.3. The molecule has 29 heavy (non-hydrogen) atoms. The second-order valence-electron chi connectivity index (χ2n) is 6.65. The van der Waals surface area contributed by atoms with Gasteiger partial charge in [-0.25, -0.2) is 4.98 Å². The number of aromatic nitrogens is 2. The molecule has 7 heteroatoms. The topological polar surface area (TPSA) is 55.2 Å². The molecule has 0 aliphatic carbocycles. The Morgan fingerprint density at radius 3 is 2.34 bits per heavy atom. The van der Waals surface area contributed by atoms with Crippen molar-refractivity contribution in [2.24, 2.45) is 0 Å². The molecular formula is C22H19N3O2S2. The van der Waals surface area contributed by atoms with Crippen molar-refractivity contribution in [3.8, 4) is 5.69 Å². The van der Waals surface area contributed by atoms with Gasteiger partial charge < -0.3 is 4.90 Å². The number of fused-ring (bicyclic) bond motifs is 1. The molecule has 146 valence electrons. The summed E-state index contributed by atoms with van der Waals surface area (Å²) in [6.07, 6.45) is 0. The van der Waals surface area contributed by atoms with E-state index < -0.39 is 5.25 Å². The number of carbonyl (C=O) groups is 1. The summed E-state index contributed by atoms with van der Waals surface area (Å²) in [4.78, 5) is 33.2. The summed E-state index contributed by atoms with van der Waals surface area (Å²) >= 11 is 2.72. The third-order valence-electron chi connectivity index (χ3n) is 4.47. The molecule has 5 nitrogen and oxygen atoms in total. The standard InChI is InChI=1S/C22H19N3O2S2/c1-24(2)21(27)18(15-9-5-3-6-10-15)29-22-23-19-17(13-14-28-19)20(26)25(22)16-11-7-4-8-12-16/h3-14,18H,1-2H3/t18-/m1/s1. The molecule has 2 heterocycles. The molecule has 0 aliphatic heterocycles. The molecule has 0 aliphatic rings. The average molecular weight is 422 g/mol. The lowest BCUT2D eigenvalue weighted by Crippen LogP contribution is -2.28. The largest absolute Gasteiger partial charge is 0.348 e. The van der Waals surface area contributed by atoms with E-state index in [1.807, 2.05) is 66.0 Å². The molecule has 2 aromatic carbocycles. The molecule has 0 saturated carbocycles. The third-order valence-corrected chi connectivity index (χ3v) is 6.47. The zero-order chi connectivity index (χ0) is 20.4. The molecule has 4 rings (SSSR count). The van der Waals surface area contributed by atoms with Crippen LogP contribution in [0.2, 0.25) is 0 Å². The lowest BCUT2D eigenvalue weighted by Gasteiger charge is -2.21. The lowest BCUT2D eigenvalue weighted by atomic mass is 10.1. The second-order valence-corrected chi connectivity index (χ2v) is 8.62. The SMILES string of the molecule is CN(C)C(=O)[C@H](Sc1nc2sccc2c(=O)n1-c1ccccc1)c1ccccc1. The number of carbonyl (C=O) groups excluding carboxylic acids is 1. The molecule has 4 aromatic rings. The van der Waals surface area contributed by atoms with E-state index in [1.165, 1.54) is 23.1 Å². The van der Waals surface area contributed by atoms with Gasteiger partial charge in [0.05, 0.1) is 11.1 Å². The predicted octanol–water partition coefficient (Wildman–Crippen LogP) is 4.37. The van der Waals surface area contributed by atoms with Crippen LogP contribution in [-0.2, 0) is 4.79 Å². The zero-order valence-electron chi connectivity index (χ0n) is 16.0. The number of hydrogen-bond acceptors (Lipinski definition) is 5. The minimum Gasteiger partial charge on any atom is -0.348 e. The Bertz CT molecular complexity index is 1200. The van der Waals surface area contributed by atoms with E-state index in [1.54, 1.807) is 29.6 Å². The summed E-state index contributed by atoms with van der Waals surface area (Å²) in [6.45, 7) is 0. The maximum atomic E-state index is 13.3. The fourth-order valence-electron chi connectivity index (χ4n) is 3.01. The molecular weight excluding hydrogens is 402 g/mol. The molecule has 0 saturated heterocycles. The van der Waals surface area contributed by atoms with Crippen LogP contribution in [0.25, 0.3) is 15.9 Å². The zero-order valence-corrected chi connectivity index (χ0v) is 17.6. The van der Waals surface area contributed by atoms with Crippen molar-refractivity contribution >= 4 is 39.2 Å². The van der Waals surface area contributed by atoms with Gasteiger partial charge in [0.1, 0.15) is 10.1 Å². The van der Waals surface area contributed by atoms with Crippen molar-refractivity contribution in [2.75, 3.05) is 14.1 Å². The normalized spacial score (nSPS) is 12.1. The van der Waals surface area contributed by atoms with Crippen molar-refractivity contribution in [1.82, 2.24) is 14.5 Å². The van der Waals surface area contributed by atoms with E-state index in [0.717, 1.165) is 11.3 Å². The Labute approximate surface area is 176 Å². The van der Waals surface area contributed by atoms with Crippen LogP contribution in [0, 0.1) is 0 Å². The van der Waals surface area contributed by atoms with E-state index >= 15 is 0 Å². The first kappa shape index (κ1) is 19.4. The minimum atomic E-state index is -0.509. The number of rotatable bonds is 5. The van der Waals surface area contributed by atoms with Crippen LogP contribution in [0.1, 0.15) is 10.8 Å². The minimum absolute atomic E-state index is 0.0543. The van der Waals surface area contributed by atoms with Crippen molar-refractivity contribution < 1.29 is 4.79 Å². The van der Waals surface area contributed by atoms with Crippen LogP contribution in [0.4, 0.5) is 0 Å². The van der Waals surface area contributed by atoms with E-state index in [2.05, 4.69) is 0 Å². The Balaban J connectivity index is 1.90. The summed E-state index contributed by atoms with van der Waals surface area (Å²) in [5.41, 5.74) is 1.47. The number of nitrogens with zero attached hydrogens (tertiary/aromatic N) is 3. The summed E-state index contributed by atoms with van der Waals surface area (Å²) < 4.78 is 1.60. The number of benzene rings is 2. The number of para-hydroxylation sites is 1. The van der Waals surface area contributed by atoms with E-state index in [0.29, 0.717) is 15.4 Å². The van der Waals surface area contributed by atoms with Crippen LogP contribution >= 0.6 is 23.1 Å². The van der Waals surface area contributed by atoms with E-state index in [-0.39, 0.29) is 11.5 Å². The quantitative estimate of drug-likeness (QED) is 0.355. The van der Waals surface area contributed by atoms with Crippen LogP contribution in [0.3, 0.4) is 0 Å². The second kappa shape index (κ2) is 8.23. The first-order valence-corrected chi connectivity index (χ1v) is 10.8. The van der Waals surface area contributed by atoms with E-state index in [4.69, 9.17) is 4.98 Å². The predicted molar refractivity (Wildman–Crippen MR) is 119 cm³/mol. The Hall–Kier alpha value is -2.90. The number of likely N-dealkylation sites (N-methyl/N-ethyl adjacent to an activating group) is 1. The average Bonchev–Trinajstić information content (AvgIpc) is 3.22. The highest BCUT2D eigenvalue weighted by Gasteiger charge is 2.27. The highest BCUT2D eigenvalue weighted by molar-refractivity contribution is 8.00. The molecule has 0 radical (unpaired) electrons. The third kappa shape index (κ3) is 3.83. The Morgan fingerprint density at radius 1 is 1.03 bits per heavy atom. The number of thioether (sulfide) groups is 1. The van der Waals surface area contributed by atoms with Gasteiger partial charge in [-0.3, -0.25) is 14.2 Å². The molecule has 0 N–H and O–H groups in total. The summed E-state index contributed by atoms with van der Waals surface area (Å²) in [6, 6.07) is 20.8. The van der Waals surface area contributed by atoms with Crippen LogP contribution in [0.15, 0.2) is 82.1 Å².